The third-order valence-electron chi connectivity index (χ3n) is 3.50. The molecule has 1 fully saturated rings. The van der Waals surface area contributed by atoms with Crippen molar-refractivity contribution in [1.82, 2.24) is 5.32 Å². The van der Waals surface area contributed by atoms with E-state index in [0.717, 1.165) is 25.7 Å². The van der Waals surface area contributed by atoms with Crippen LogP contribution in [-0.4, -0.2) is 29.8 Å². The van der Waals surface area contributed by atoms with Gasteiger partial charge in [-0.3, -0.25) is 4.79 Å². The fourth-order valence-corrected chi connectivity index (χ4v) is 2.56. The third kappa shape index (κ3) is 4.39. The number of benzene rings is 1. The number of carbonyl (C=O) groups excluding carboxylic acids is 1. The van der Waals surface area contributed by atoms with Gasteiger partial charge in [-0.2, -0.15) is 0 Å². The molecule has 1 aliphatic carbocycles. The molecule has 1 aromatic rings. The standard InChI is InChI=1S/C15H20ClNO3/c16-11-5-1-4-8-14(11)20-10-9-15(19)17-12-6-2-3-7-13(12)18/h1,4-5,8,12-13,18H,2-3,6-7,9-10H2,(H,17,19). The summed E-state index contributed by atoms with van der Waals surface area (Å²) in [7, 11) is 0. The Hall–Kier alpha value is -1.26. The predicted octanol–water partition coefficient (Wildman–Crippen LogP) is 2.53. The van der Waals surface area contributed by atoms with Crippen LogP contribution in [0.4, 0.5) is 0 Å². The molecule has 20 heavy (non-hydrogen) atoms. The van der Waals surface area contributed by atoms with Gasteiger partial charge in [0.25, 0.3) is 0 Å². The maximum Gasteiger partial charge on any atom is 0.223 e. The van der Waals surface area contributed by atoms with Crippen LogP contribution in [0, 0.1) is 0 Å². The van der Waals surface area contributed by atoms with Crippen LogP contribution in [0.2, 0.25) is 5.02 Å². The van der Waals surface area contributed by atoms with Crippen LogP contribution in [0.15, 0.2) is 24.3 Å². The summed E-state index contributed by atoms with van der Waals surface area (Å²) >= 11 is 5.96. The topological polar surface area (TPSA) is 58.6 Å². The van der Waals surface area contributed by atoms with E-state index in [1.54, 1.807) is 12.1 Å². The molecule has 0 bridgehead atoms. The number of ether oxygens (including phenoxy) is 1. The Balaban J connectivity index is 1.71. The maximum absolute atomic E-state index is 11.8. The Morgan fingerprint density at radius 1 is 1.35 bits per heavy atom. The van der Waals surface area contributed by atoms with Gasteiger partial charge in [0.05, 0.1) is 30.2 Å². The summed E-state index contributed by atoms with van der Waals surface area (Å²) in [6, 6.07) is 7.06. The first-order valence-corrected chi connectivity index (χ1v) is 7.39. The lowest BCUT2D eigenvalue weighted by molar-refractivity contribution is -0.123. The second kappa shape index (κ2) is 7.50. The summed E-state index contributed by atoms with van der Waals surface area (Å²) in [6.07, 6.45) is 3.53. The largest absolute Gasteiger partial charge is 0.491 e. The lowest BCUT2D eigenvalue weighted by Crippen LogP contribution is -2.45. The molecule has 2 N–H and O–H groups in total. The van der Waals surface area contributed by atoms with Crippen LogP contribution in [0.1, 0.15) is 32.1 Å². The van der Waals surface area contributed by atoms with Crippen LogP contribution in [-0.2, 0) is 4.79 Å². The van der Waals surface area contributed by atoms with E-state index in [0.29, 0.717) is 10.8 Å². The van der Waals surface area contributed by atoms with Gasteiger partial charge in [-0.05, 0) is 25.0 Å². The fraction of sp³-hybridized carbons (Fsp3) is 0.533. The summed E-state index contributed by atoms with van der Waals surface area (Å²) < 4.78 is 5.47. The predicted molar refractivity (Wildman–Crippen MR) is 78.0 cm³/mol. The third-order valence-corrected chi connectivity index (χ3v) is 3.81. The monoisotopic (exact) mass is 297 g/mol. The normalized spacial score (nSPS) is 22.3. The molecule has 4 nitrogen and oxygen atoms in total. The van der Waals surface area contributed by atoms with Crippen LogP contribution in [0.3, 0.4) is 0 Å². The number of hydrogen-bond donors (Lipinski definition) is 2. The molecule has 1 aromatic carbocycles. The van der Waals surface area contributed by atoms with Gasteiger partial charge in [-0.1, -0.05) is 36.6 Å². The molecule has 2 unspecified atom stereocenters. The van der Waals surface area contributed by atoms with Gasteiger partial charge in [0.15, 0.2) is 0 Å². The first-order chi connectivity index (χ1) is 9.66. The van der Waals surface area contributed by atoms with Crippen molar-refractivity contribution in [3.8, 4) is 5.75 Å². The number of amides is 1. The molecule has 0 aliphatic heterocycles. The van der Waals surface area contributed by atoms with E-state index in [1.807, 2.05) is 12.1 Å². The summed E-state index contributed by atoms with van der Waals surface area (Å²) in [4.78, 5) is 11.8. The van der Waals surface area contributed by atoms with Crippen molar-refractivity contribution in [2.24, 2.45) is 0 Å². The molecular weight excluding hydrogens is 278 g/mol. The van der Waals surface area contributed by atoms with E-state index in [4.69, 9.17) is 16.3 Å². The van der Waals surface area contributed by atoms with Crippen LogP contribution < -0.4 is 10.1 Å². The summed E-state index contributed by atoms with van der Waals surface area (Å²) in [5.74, 6) is 0.489. The quantitative estimate of drug-likeness (QED) is 0.878. The fourth-order valence-electron chi connectivity index (χ4n) is 2.37. The van der Waals surface area contributed by atoms with E-state index >= 15 is 0 Å². The van der Waals surface area contributed by atoms with Gasteiger partial charge in [0.1, 0.15) is 5.75 Å². The van der Waals surface area contributed by atoms with Gasteiger partial charge in [-0.25, -0.2) is 0 Å². The van der Waals surface area contributed by atoms with E-state index in [1.165, 1.54) is 0 Å². The zero-order chi connectivity index (χ0) is 14.4. The number of halogens is 1. The smallest absolute Gasteiger partial charge is 0.223 e. The molecule has 0 radical (unpaired) electrons. The highest BCUT2D eigenvalue weighted by atomic mass is 35.5. The molecular formula is C15H20ClNO3. The molecule has 1 amide bonds. The Morgan fingerprint density at radius 3 is 2.85 bits per heavy atom. The Bertz CT molecular complexity index is 452. The second-order valence-electron chi connectivity index (χ2n) is 5.05. The van der Waals surface area contributed by atoms with E-state index in [9.17, 15) is 9.90 Å². The minimum Gasteiger partial charge on any atom is -0.491 e. The number of aliphatic hydroxyl groups is 1. The lowest BCUT2D eigenvalue weighted by Gasteiger charge is -2.28. The zero-order valence-corrected chi connectivity index (χ0v) is 12.1. The lowest BCUT2D eigenvalue weighted by atomic mass is 9.92. The van der Waals surface area contributed by atoms with Crippen molar-refractivity contribution in [2.45, 2.75) is 44.2 Å². The van der Waals surface area contributed by atoms with E-state index in [2.05, 4.69) is 5.32 Å². The van der Waals surface area contributed by atoms with E-state index in [-0.39, 0.29) is 25.0 Å². The van der Waals surface area contributed by atoms with Crippen molar-refractivity contribution in [3.05, 3.63) is 29.3 Å². The number of nitrogens with one attached hydrogen (secondary N) is 1. The first-order valence-electron chi connectivity index (χ1n) is 7.01. The van der Waals surface area contributed by atoms with Crippen molar-refractivity contribution in [2.75, 3.05) is 6.61 Å². The number of para-hydroxylation sites is 1. The molecule has 5 heteroatoms. The van der Waals surface area contributed by atoms with E-state index < -0.39 is 6.10 Å². The molecule has 2 rings (SSSR count). The first kappa shape index (κ1) is 15.1. The number of carbonyl (C=O) groups is 1. The Morgan fingerprint density at radius 2 is 2.10 bits per heavy atom. The summed E-state index contributed by atoms with van der Waals surface area (Å²) in [5, 5.41) is 13.2. The van der Waals surface area contributed by atoms with Crippen molar-refractivity contribution < 1.29 is 14.6 Å². The number of aliphatic hydroxyl groups excluding tert-OH is 1. The van der Waals surface area contributed by atoms with Crippen LogP contribution >= 0.6 is 11.6 Å². The van der Waals surface area contributed by atoms with Crippen molar-refractivity contribution in [3.63, 3.8) is 0 Å². The SMILES string of the molecule is O=C(CCOc1ccccc1Cl)NC1CCCCC1O. The second-order valence-corrected chi connectivity index (χ2v) is 5.46. The average molecular weight is 298 g/mol. The molecule has 0 saturated heterocycles. The Labute approximate surface area is 124 Å². The molecule has 2 atom stereocenters. The van der Waals surface area contributed by atoms with Gasteiger partial charge in [-0.15, -0.1) is 0 Å². The highest BCUT2D eigenvalue weighted by molar-refractivity contribution is 6.32. The van der Waals surface area contributed by atoms with Gasteiger partial charge in [0, 0.05) is 0 Å². The minimum atomic E-state index is -0.419. The van der Waals surface area contributed by atoms with Gasteiger partial charge >= 0.3 is 0 Å². The summed E-state index contributed by atoms with van der Waals surface area (Å²) in [6.45, 7) is 0.276. The molecule has 0 heterocycles. The van der Waals surface area contributed by atoms with Crippen molar-refractivity contribution in [1.29, 1.82) is 0 Å². The zero-order valence-electron chi connectivity index (χ0n) is 11.3. The van der Waals surface area contributed by atoms with Crippen LogP contribution in [0.25, 0.3) is 0 Å². The molecule has 1 saturated carbocycles. The highest BCUT2D eigenvalue weighted by Crippen LogP contribution is 2.23. The minimum absolute atomic E-state index is 0.0944. The Kier molecular flexibility index (Phi) is 5.68. The molecule has 110 valence electrons. The maximum atomic E-state index is 11.8. The van der Waals surface area contributed by atoms with Crippen LogP contribution in [0.5, 0.6) is 5.75 Å². The van der Waals surface area contributed by atoms with Crippen molar-refractivity contribution >= 4 is 17.5 Å². The molecule has 0 aromatic heterocycles. The number of rotatable bonds is 5. The molecule has 0 spiro atoms. The average Bonchev–Trinajstić information content (AvgIpc) is 2.43. The van der Waals surface area contributed by atoms with Gasteiger partial charge < -0.3 is 15.2 Å². The number of hydrogen-bond acceptors (Lipinski definition) is 3. The van der Waals surface area contributed by atoms with Gasteiger partial charge in [0.2, 0.25) is 5.91 Å². The highest BCUT2D eigenvalue weighted by Gasteiger charge is 2.24. The molecule has 1 aliphatic rings. The summed E-state index contributed by atoms with van der Waals surface area (Å²) in [5.41, 5.74) is 0.